The number of rotatable bonds is 8. The molecular weight excluding hydrogens is 288 g/mol. The molecule has 116 valence electrons. The molecular formula is C16H22O4S. The van der Waals surface area contributed by atoms with Crippen molar-refractivity contribution in [1.29, 1.82) is 0 Å². The topological polar surface area (TPSA) is 63.6 Å². The minimum Gasteiger partial charge on any atom is -0.369 e. The van der Waals surface area contributed by atoms with E-state index < -0.39 is 16.3 Å². The lowest BCUT2D eigenvalue weighted by molar-refractivity contribution is -0.119. The highest BCUT2D eigenvalue weighted by atomic mass is 32.2. The molecule has 0 heterocycles. The van der Waals surface area contributed by atoms with Crippen LogP contribution < -0.4 is 0 Å². The van der Waals surface area contributed by atoms with E-state index in [0.29, 0.717) is 6.61 Å². The van der Waals surface area contributed by atoms with Gasteiger partial charge in [0.15, 0.2) is 11.1 Å². The van der Waals surface area contributed by atoms with Crippen LogP contribution in [0.25, 0.3) is 0 Å². The Morgan fingerprint density at radius 1 is 1.33 bits per heavy atom. The Bertz CT molecular complexity index is 510. The normalized spacial score (nSPS) is 16.3. The molecule has 1 rings (SSSR count). The lowest BCUT2D eigenvalue weighted by atomic mass is 10.0. The summed E-state index contributed by atoms with van der Waals surface area (Å²) in [7, 11) is 0. The van der Waals surface area contributed by atoms with Gasteiger partial charge < -0.3 is 9.29 Å². The van der Waals surface area contributed by atoms with Gasteiger partial charge >= 0.3 is 0 Å². The number of Topliss-reactive ketones (excluding diaryl/α,β-unsaturated/α-hetero) is 1. The van der Waals surface area contributed by atoms with Crippen LogP contribution in [0, 0.1) is 0 Å². The molecule has 5 heteroatoms. The Labute approximate surface area is 128 Å². The molecule has 0 aromatic heterocycles. The Morgan fingerprint density at radius 2 is 1.95 bits per heavy atom. The predicted molar refractivity (Wildman–Crippen MR) is 84.3 cm³/mol. The van der Waals surface area contributed by atoms with Gasteiger partial charge in [-0.15, -0.1) is 0 Å². The molecule has 4 nitrogen and oxygen atoms in total. The fraction of sp³-hybridized carbons (Fsp3) is 0.438. The Kier molecular flexibility index (Phi) is 7.50. The van der Waals surface area contributed by atoms with Gasteiger partial charge in [0, 0.05) is 6.42 Å². The van der Waals surface area contributed by atoms with Gasteiger partial charge in [0.05, 0.1) is 18.0 Å². The summed E-state index contributed by atoms with van der Waals surface area (Å²) in [5.41, 5.74) is 1.83. The molecule has 0 saturated carbocycles. The first kappa shape index (κ1) is 17.8. The van der Waals surface area contributed by atoms with E-state index in [2.05, 4.69) is 0 Å². The zero-order chi connectivity index (χ0) is 15.8. The molecule has 1 aromatic rings. The van der Waals surface area contributed by atoms with Crippen LogP contribution in [-0.2, 0) is 27.2 Å². The van der Waals surface area contributed by atoms with Crippen molar-refractivity contribution in [2.75, 3.05) is 0 Å². The fourth-order valence-electron chi connectivity index (χ4n) is 1.92. The number of benzene rings is 1. The molecule has 0 aliphatic carbocycles. The summed E-state index contributed by atoms with van der Waals surface area (Å²) < 4.78 is 25.9. The average Bonchev–Trinajstić information content (AvgIpc) is 2.43. The van der Waals surface area contributed by atoms with Gasteiger partial charge in [0.2, 0.25) is 0 Å². The van der Waals surface area contributed by atoms with Crippen LogP contribution in [0.1, 0.15) is 32.8 Å². The molecule has 0 aliphatic heterocycles. The predicted octanol–water partition coefficient (Wildman–Crippen LogP) is 3.11. The molecule has 1 unspecified atom stereocenters. The minimum atomic E-state index is -1.92. The molecule has 1 N–H and O–H groups in total. The van der Waals surface area contributed by atoms with E-state index in [-0.39, 0.29) is 18.3 Å². The van der Waals surface area contributed by atoms with Crippen LogP contribution in [0.5, 0.6) is 0 Å². The molecule has 0 bridgehead atoms. The third kappa shape index (κ3) is 6.80. The molecule has 1 aromatic carbocycles. The summed E-state index contributed by atoms with van der Waals surface area (Å²) in [6, 6.07) is 9.70. The number of ketones is 1. The highest BCUT2D eigenvalue weighted by Gasteiger charge is 2.16. The highest BCUT2D eigenvalue weighted by molar-refractivity contribution is 7.80. The summed E-state index contributed by atoms with van der Waals surface area (Å²) >= 11 is -1.92. The SMILES string of the molecule is CC(=O)C[C@@H](OCc1ccccc1)/C(C)=C\[C@H](C)S(=O)O. The number of carbonyl (C=O) groups is 1. The van der Waals surface area contributed by atoms with E-state index in [1.54, 1.807) is 13.0 Å². The van der Waals surface area contributed by atoms with Crippen molar-refractivity contribution < 1.29 is 18.3 Å². The fourth-order valence-corrected chi connectivity index (χ4v) is 2.25. The van der Waals surface area contributed by atoms with Crippen molar-refractivity contribution in [3.8, 4) is 0 Å². The van der Waals surface area contributed by atoms with Crippen LogP contribution in [0.3, 0.4) is 0 Å². The summed E-state index contributed by atoms with van der Waals surface area (Å²) in [6.45, 7) is 5.39. The third-order valence-corrected chi connectivity index (χ3v) is 3.86. The molecule has 0 fully saturated rings. The van der Waals surface area contributed by atoms with E-state index >= 15 is 0 Å². The quantitative estimate of drug-likeness (QED) is 0.592. The van der Waals surface area contributed by atoms with Gasteiger partial charge in [-0.1, -0.05) is 36.4 Å². The van der Waals surface area contributed by atoms with Crippen molar-refractivity contribution in [2.24, 2.45) is 0 Å². The molecule has 0 spiro atoms. The van der Waals surface area contributed by atoms with Crippen LogP contribution in [0.15, 0.2) is 42.0 Å². The molecule has 0 amide bonds. The van der Waals surface area contributed by atoms with Crippen molar-refractivity contribution in [1.82, 2.24) is 0 Å². The first-order valence-corrected chi connectivity index (χ1v) is 8.00. The standard InChI is InChI=1S/C16H22O4S/c1-12(9-14(3)21(18)19)16(10-13(2)17)20-11-15-7-5-4-6-8-15/h4-9,14,16H,10-11H2,1-3H3,(H,18,19)/b12-9-/t14-,16+/m0/s1. The van der Waals surface area contributed by atoms with Gasteiger partial charge in [0.25, 0.3) is 0 Å². The second-order valence-corrected chi connectivity index (χ2v) is 6.38. The Hall–Kier alpha value is -1.30. The first-order chi connectivity index (χ1) is 9.90. The molecule has 3 atom stereocenters. The van der Waals surface area contributed by atoms with Crippen molar-refractivity contribution in [3.05, 3.63) is 47.5 Å². The zero-order valence-electron chi connectivity index (χ0n) is 12.6. The van der Waals surface area contributed by atoms with Gasteiger partial charge in [0.1, 0.15) is 5.78 Å². The van der Waals surface area contributed by atoms with Gasteiger partial charge in [-0.05, 0) is 31.9 Å². The molecule has 0 radical (unpaired) electrons. The maximum atomic E-state index is 11.4. The van der Waals surface area contributed by atoms with Crippen molar-refractivity contribution >= 4 is 16.9 Å². The minimum absolute atomic E-state index is 0.0265. The van der Waals surface area contributed by atoms with Crippen LogP contribution in [0.4, 0.5) is 0 Å². The summed E-state index contributed by atoms with van der Waals surface area (Å²) in [5.74, 6) is 0.0265. The smallest absolute Gasteiger partial charge is 0.159 e. The Balaban J connectivity index is 2.75. The van der Waals surface area contributed by atoms with E-state index in [0.717, 1.165) is 11.1 Å². The van der Waals surface area contributed by atoms with E-state index in [1.165, 1.54) is 6.92 Å². The highest BCUT2D eigenvalue weighted by Crippen LogP contribution is 2.16. The van der Waals surface area contributed by atoms with Crippen molar-refractivity contribution in [3.63, 3.8) is 0 Å². The van der Waals surface area contributed by atoms with E-state index in [1.807, 2.05) is 37.3 Å². The number of ether oxygens (including phenoxy) is 1. The summed E-state index contributed by atoms with van der Waals surface area (Å²) in [6.07, 6.45) is 1.59. The second-order valence-electron chi connectivity index (χ2n) is 5.08. The van der Waals surface area contributed by atoms with Crippen molar-refractivity contribution in [2.45, 2.75) is 45.2 Å². The number of hydrogen-bond acceptors (Lipinski definition) is 3. The largest absolute Gasteiger partial charge is 0.369 e. The first-order valence-electron chi connectivity index (χ1n) is 6.83. The number of hydrogen-bond donors (Lipinski definition) is 1. The maximum Gasteiger partial charge on any atom is 0.159 e. The van der Waals surface area contributed by atoms with Crippen LogP contribution in [-0.4, -0.2) is 25.9 Å². The summed E-state index contributed by atoms with van der Waals surface area (Å²) in [5, 5.41) is -0.486. The lowest BCUT2D eigenvalue weighted by Gasteiger charge is -2.18. The summed E-state index contributed by atoms with van der Waals surface area (Å²) in [4.78, 5) is 11.4. The zero-order valence-corrected chi connectivity index (χ0v) is 13.4. The monoisotopic (exact) mass is 310 g/mol. The second kappa shape index (κ2) is 8.87. The molecule has 0 aliphatic rings. The average molecular weight is 310 g/mol. The van der Waals surface area contributed by atoms with Crippen LogP contribution >= 0.6 is 0 Å². The van der Waals surface area contributed by atoms with E-state index in [9.17, 15) is 9.00 Å². The third-order valence-electron chi connectivity index (χ3n) is 3.09. The van der Waals surface area contributed by atoms with Gasteiger partial charge in [-0.2, -0.15) is 0 Å². The molecule has 0 saturated heterocycles. The van der Waals surface area contributed by atoms with E-state index in [4.69, 9.17) is 9.29 Å². The lowest BCUT2D eigenvalue weighted by Crippen LogP contribution is -2.20. The molecule has 21 heavy (non-hydrogen) atoms. The maximum absolute atomic E-state index is 11.4. The number of carbonyl (C=O) groups excluding carboxylic acids is 1. The Morgan fingerprint density at radius 3 is 2.48 bits per heavy atom. The van der Waals surface area contributed by atoms with Crippen LogP contribution in [0.2, 0.25) is 0 Å². The van der Waals surface area contributed by atoms with Gasteiger partial charge in [-0.3, -0.25) is 4.79 Å². The van der Waals surface area contributed by atoms with Gasteiger partial charge in [-0.25, -0.2) is 4.21 Å².